The molecule has 0 unspecified atom stereocenters. The Bertz CT molecular complexity index is 471. The Hall–Kier alpha value is -1.57. The number of rotatable bonds is 10. The van der Waals surface area contributed by atoms with Crippen LogP contribution in [0.2, 0.25) is 0 Å². The maximum Gasteiger partial charge on any atom is 0.128 e. The lowest BCUT2D eigenvalue weighted by molar-refractivity contribution is 0.657. The number of anilines is 1. The highest BCUT2D eigenvalue weighted by Gasteiger charge is 2.08. The molecule has 0 amide bonds. The highest BCUT2D eigenvalue weighted by Crippen LogP contribution is 2.20. The zero-order valence-electron chi connectivity index (χ0n) is 14.9. The second-order valence-corrected chi connectivity index (χ2v) is 6.27. The summed E-state index contributed by atoms with van der Waals surface area (Å²) in [5.74, 6) is 1.65. The minimum Gasteiger partial charge on any atom is -0.357 e. The lowest BCUT2D eigenvalue weighted by Crippen LogP contribution is -2.26. The van der Waals surface area contributed by atoms with Gasteiger partial charge in [0.1, 0.15) is 5.82 Å². The molecule has 122 valence electrons. The van der Waals surface area contributed by atoms with Crippen LogP contribution in [0.3, 0.4) is 0 Å². The minimum absolute atomic E-state index is 0.581. The summed E-state index contributed by atoms with van der Waals surface area (Å²) < 4.78 is 0. The molecule has 0 atom stereocenters. The first-order valence-corrected chi connectivity index (χ1v) is 8.56. The summed E-state index contributed by atoms with van der Waals surface area (Å²) >= 11 is 0. The number of allylic oxidation sites excluding steroid dienone is 2. The zero-order valence-corrected chi connectivity index (χ0v) is 14.9. The standard InChI is InChI=1S/C20H32N2/c1-7-13-22(14-9-10-18(6)16(3)4)20-12-11-19(15-21-20)17(5)8-2/h11-12,15-16H,5-10,13-14H2,1-4H3. The SMILES string of the molecule is C=C(CC)c1ccc(N(CCC)CCCC(=C)C(C)C)nc1. The Kier molecular flexibility index (Phi) is 7.94. The van der Waals surface area contributed by atoms with E-state index in [9.17, 15) is 0 Å². The van der Waals surface area contributed by atoms with Gasteiger partial charge in [-0.3, -0.25) is 0 Å². The first kappa shape index (κ1) is 18.5. The van der Waals surface area contributed by atoms with Crippen molar-refractivity contribution in [2.45, 2.75) is 53.4 Å². The second kappa shape index (κ2) is 9.45. The fourth-order valence-corrected chi connectivity index (χ4v) is 2.38. The van der Waals surface area contributed by atoms with Gasteiger partial charge in [-0.15, -0.1) is 0 Å². The monoisotopic (exact) mass is 300 g/mol. The van der Waals surface area contributed by atoms with Crippen molar-refractivity contribution in [2.24, 2.45) is 5.92 Å². The van der Waals surface area contributed by atoms with E-state index in [-0.39, 0.29) is 0 Å². The molecular weight excluding hydrogens is 268 g/mol. The van der Waals surface area contributed by atoms with Crippen LogP contribution in [0.25, 0.3) is 5.57 Å². The van der Waals surface area contributed by atoms with E-state index in [0.717, 1.165) is 55.7 Å². The average Bonchev–Trinajstić information content (AvgIpc) is 2.53. The van der Waals surface area contributed by atoms with Gasteiger partial charge in [0.05, 0.1) is 0 Å². The molecule has 0 saturated carbocycles. The summed E-state index contributed by atoms with van der Waals surface area (Å²) in [5.41, 5.74) is 3.64. The number of aromatic nitrogens is 1. The van der Waals surface area contributed by atoms with E-state index in [1.54, 1.807) is 0 Å². The Labute approximate surface area is 137 Å². The highest BCUT2D eigenvalue weighted by molar-refractivity contribution is 5.63. The van der Waals surface area contributed by atoms with Crippen LogP contribution in [-0.2, 0) is 0 Å². The molecule has 22 heavy (non-hydrogen) atoms. The zero-order chi connectivity index (χ0) is 16.5. The van der Waals surface area contributed by atoms with Gasteiger partial charge in [-0.25, -0.2) is 4.98 Å². The average molecular weight is 300 g/mol. The maximum atomic E-state index is 4.64. The largest absolute Gasteiger partial charge is 0.357 e. The summed E-state index contributed by atoms with van der Waals surface area (Å²) in [7, 11) is 0. The van der Waals surface area contributed by atoms with E-state index in [0.29, 0.717) is 5.92 Å². The Balaban J connectivity index is 2.66. The fraction of sp³-hybridized carbons (Fsp3) is 0.550. The van der Waals surface area contributed by atoms with E-state index >= 15 is 0 Å². The molecule has 0 aliphatic heterocycles. The van der Waals surface area contributed by atoms with Crippen molar-refractivity contribution in [2.75, 3.05) is 18.0 Å². The van der Waals surface area contributed by atoms with Gasteiger partial charge in [-0.2, -0.15) is 0 Å². The molecule has 1 rings (SSSR count). The number of hydrogen-bond donors (Lipinski definition) is 0. The smallest absolute Gasteiger partial charge is 0.128 e. The number of hydrogen-bond acceptors (Lipinski definition) is 2. The molecule has 1 aromatic heterocycles. The van der Waals surface area contributed by atoms with E-state index in [1.807, 2.05) is 6.20 Å². The van der Waals surface area contributed by atoms with Gasteiger partial charge >= 0.3 is 0 Å². The van der Waals surface area contributed by atoms with Crippen LogP contribution in [0.4, 0.5) is 5.82 Å². The molecule has 0 aliphatic rings. The van der Waals surface area contributed by atoms with Crippen molar-refractivity contribution in [3.8, 4) is 0 Å². The molecule has 1 aromatic rings. The number of pyridine rings is 1. The van der Waals surface area contributed by atoms with E-state index in [2.05, 4.69) is 62.9 Å². The van der Waals surface area contributed by atoms with Crippen LogP contribution >= 0.6 is 0 Å². The van der Waals surface area contributed by atoms with Gasteiger partial charge < -0.3 is 4.90 Å². The van der Waals surface area contributed by atoms with Crippen LogP contribution in [0.5, 0.6) is 0 Å². The summed E-state index contributed by atoms with van der Waals surface area (Å²) in [6.45, 7) is 19.1. The molecule has 0 spiro atoms. The minimum atomic E-state index is 0.581. The van der Waals surface area contributed by atoms with Crippen molar-refractivity contribution in [3.05, 3.63) is 42.6 Å². The molecular formula is C20H32N2. The third-order valence-electron chi connectivity index (χ3n) is 4.14. The van der Waals surface area contributed by atoms with E-state index in [1.165, 1.54) is 5.57 Å². The molecule has 0 aliphatic carbocycles. The van der Waals surface area contributed by atoms with Crippen LogP contribution in [-0.4, -0.2) is 18.1 Å². The van der Waals surface area contributed by atoms with Gasteiger partial charge in [0.15, 0.2) is 0 Å². The molecule has 0 radical (unpaired) electrons. The van der Waals surface area contributed by atoms with Gasteiger partial charge in [-0.05, 0) is 54.9 Å². The normalized spacial score (nSPS) is 10.8. The molecule has 0 N–H and O–H groups in total. The van der Waals surface area contributed by atoms with E-state index < -0.39 is 0 Å². The Morgan fingerprint density at radius 2 is 1.91 bits per heavy atom. The van der Waals surface area contributed by atoms with Crippen molar-refractivity contribution >= 4 is 11.4 Å². The van der Waals surface area contributed by atoms with Crippen molar-refractivity contribution in [1.82, 2.24) is 4.98 Å². The maximum absolute atomic E-state index is 4.64. The lowest BCUT2D eigenvalue weighted by atomic mass is 10.0. The summed E-state index contributed by atoms with van der Waals surface area (Å²) in [4.78, 5) is 7.02. The number of nitrogens with zero attached hydrogens (tertiary/aromatic N) is 2. The summed E-state index contributed by atoms with van der Waals surface area (Å²) in [5, 5.41) is 0. The third kappa shape index (κ3) is 5.67. The lowest BCUT2D eigenvalue weighted by Gasteiger charge is -2.24. The Morgan fingerprint density at radius 3 is 2.41 bits per heavy atom. The predicted molar refractivity (Wildman–Crippen MR) is 99.3 cm³/mol. The molecule has 2 nitrogen and oxygen atoms in total. The van der Waals surface area contributed by atoms with Gasteiger partial charge in [0, 0.05) is 19.3 Å². The molecule has 0 aromatic carbocycles. The molecule has 0 fully saturated rings. The second-order valence-electron chi connectivity index (χ2n) is 6.27. The van der Waals surface area contributed by atoms with Crippen molar-refractivity contribution in [3.63, 3.8) is 0 Å². The first-order valence-electron chi connectivity index (χ1n) is 8.56. The van der Waals surface area contributed by atoms with Crippen molar-refractivity contribution < 1.29 is 0 Å². The molecule has 0 saturated heterocycles. The van der Waals surface area contributed by atoms with Crippen LogP contribution in [0.15, 0.2) is 37.1 Å². The highest BCUT2D eigenvalue weighted by atomic mass is 15.2. The topological polar surface area (TPSA) is 16.1 Å². The Morgan fingerprint density at radius 1 is 1.18 bits per heavy atom. The quantitative estimate of drug-likeness (QED) is 0.514. The summed E-state index contributed by atoms with van der Waals surface area (Å²) in [6, 6.07) is 4.27. The summed E-state index contributed by atoms with van der Waals surface area (Å²) in [6.07, 6.45) is 6.30. The van der Waals surface area contributed by atoms with Crippen LogP contribution < -0.4 is 4.90 Å². The van der Waals surface area contributed by atoms with E-state index in [4.69, 9.17) is 0 Å². The molecule has 0 bridgehead atoms. The van der Waals surface area contributed by atoms with Crippen molar-refractivity contribution in [1.29, 1.82) is 0 Å². The molecule has 2 heteroatoms. The van der Waals surface area contributed by atoms with Gasteiger partial charge in [-0.1, -0.05) is 46.4 Å². The first-order chi connectivity index (χ1) is 10.5. The predicted octanol–water partition coefficient (Wildman–Crippen LogP) is 5.71. The van der Waals surface area contributed by atoms with Crippen LogP contribution in [0, 0.1) is 5.92 Å². The fourth-order valence-electron chi connectivity index (χ4n) is 2.38. The third-order valence-corrected chi connectivity index (χ3v) is 4.14. The van der Waals surface area contributed by atoms with Gasteiger partial charge in [0.2, 0.25) is 0 Å². The van der Waals surface area contributed by atoms with Crippen LogP contribution in [0.1, 0.15) is 58.9 Å². The van der Waals surface area contributed by atoms with Gasteiger partial charge in [0.25, 0.3) is 0 Å². The molecule has 1 heterocycles.